The molecule has 6 heteroatoms. The van der Waals surface area contributed by atoms with Gasteiger partial charge in [-0.05, 0) is 73.6 Å². The molecular formula is C25H31N3O3. The number of anilines is 1. The van der Waals surface area contributed by atoms with Crippen molar-refractivity contribution < 1.29 is 14.9 Å². The molecule has 164 valence electrons. The maximum absolute atomic E-state index is 11.1. The lowest BCUT2D eigenvalue weighted by Crippen LogP contribution is -2.42. The van der Waals surface area contributed by atoms with Gasteiger partial charge in [0.15, 0.2) is 5.82 Å². The van der Waals surface area contributed by atoms with Crippen molar-refractivity contribution >= 4 is 5.82 Å². The Bertz CT molecular complexity index is 1030. The number of benzene rings is 1. The third-order valence-electron chi connectivity index (χ3n) is 8.02. The summed E-state index contributed by atoms with van der Waals surface area (Å²) >= 11 is 0. The van der Waals surface area contributed by atoms with Crippen LogP contribution in [0.2, 0.25) is 0 Å². The molecule has 1 aliphatic heterocycles. The fourth-order valence-corrected chi connectivity index (χ4v) is 5.81. The maximum Gasteiger partial charge on any atom is 0.154 e. The lowest BCUT2D eigenvalue weighted by molar-refractivity contribution is 0.00816. The summed E-state index contributed by atoms with van der Waals surface area (Å²) in [4.78, 5) is 0. The van der Waals surface area contributed by atoms with E-state index in [1.54, 1.807) is 0 Å². The summed E-state index contributed by atoms with van der Waals surface area (Å²) in [5.41, 5.74) is 6.03. The molecule has 1 aromatic heterocycles. The molecule has 31 heavy (non-hydrogen) atoms. The van der Waals surface area contributed by atoms with Crippen LogP contribution < -0.4 is 5.32 Å². The molecular weight excluding hydrogens is 390 g/mol. The quantitative estimate of drug-likeness (QED) is 0.697. The molecule has 1 spiro atoms. The van der Waals surface area contributed by atoms with E-state index < -0.39 is 0 Å². The van der Waals surface area contributed by atoms with Crippen molar-refractivity contribution in [2.45, 2.75) is 89.1 Å². The Hall–Kier alpha value is -2.18. The van der Waals surface area contributed by atoms with Crippen LogP contribution in [0.4, 0.5) is 5.82 Å². The standard InChI is InChI=1S/C25H31N3O3/c1-14-4-2-7-20(22(14)29)26-24-19-13-31-25(10-11-25)12-18(19)21(27-28-24)17-9-8-15-5-3-6-16(15)23(17)30/h8-9,14,20,22,29-30H,2-7,10-13H2,1H3,(H,26,28)/t14-,20-,22-/m1/s1. The van der Waals surface area contributed by atoms with Crippen LogP contribution in [0.15, 0.2) is 12.1 Å². The van der Waals surface area contributed by atoms with Crippen LogP contribution in [-0.4, -0.2) is 38.2 Å². The molecule has 3 atom stereocenters. The van der Waals surface area contributed by atoms with Crippen molar-refractivity contribution in [3.05, 3.63) is 34.4 Å². The smallest absolute Gasteiger partial charge is 0.154 e. The number of nitrogens with zero attached hydrogens (tertiary/aromatic N) is 2. The van der Waals surface area contributed by atoms with Crippen LogP contribution in [0.25, 0.3) is 11.3 Å². The second-order valence-corrected chi connectivity index (χ2v) is 10.1. The first-order valence-corrected chi connectivity index (χ1v) is 11.9. The SMILES string of the molecule is C[C@@H]1CCC[C@@H](Nc2nnc(-c3ccc4c(c3O)CCC4)c3c2COC2(CC2)C3)[C@@H]1O. The van der Waals surface area contributed by atoms with E-state index in [2.05, 4.69) is 28.5 Å². The number of ether oxygens (including phenoxy) is 1. The Balaban J connectivity index is 1.41. The topological polar surface area (TPSA) is 87.5 Å². The van der Waals surface area contributed by atoms with Gasteiger partial charge in [0.1, 0.15) is 11.4 Å². The highest BCUT2D eigenvalue weighted by Crippen LogP contribution is 2.50. The average Bonchev–Trinajstić information content (AvgIpc) is 3.32. The average molecular weight is 422 g/mol. The summed E-state index contributed by atoms with van der Waals surface area (Å²) < 4.78 is 6.24. The lowest BCUT2D eigenvalue weighted by Gasteiger charge is -2.35. The second-order valence-electron chi connectivity index (χ2n) is 10.1. The predicted molar refractivity (Wildman–Crippen MR) is 118 cm³/mol. The minimum absolute atomic E-state index is 0.0155. The number of aromatic hydroxyl groups is 1. The van der Waals surface area contributed by atoms with Crippen LogP contribution in [0.3, 0.4) is 0 Å². The molecule has 2 aromatic rings. The van der Waals surface area contributed by atoms with Crippen molar-refractivity contribution in [3.8, 4) is 17.0 Å². The molecule has 3 aliphatic carbocycles. The number of rotatable bonds is 3. The van der Waals surface area contributed by atoms with Gasteiger partial charge in [-0.25, -0.2) is 0 Å². The minimum Gasteiger partial charge on any atom is -0.507 e. The summed E-state index contributed by atoms with van der Waals surface area (Å²) in [7, 11) is 0. The third kappa shape index (κ3) is 3.23. The molecule has 0 amide bonds. The molecule has 4 aliphatic rings. The van der Waals surface area contributed by atoms with E-state index in [1.807, 2.05) is 6.07 Å². The van der Waals surface area contributed by atoms with E-state index in [1.165, 1.54) is 5.56 Å². The number of fused-ring (bicyclic) bond motifs is 2. The number of aromatic nitrogens is 2. The van der Waals surface area contributed by atoms with Crippen LogP contribution in [0.1, 0.15) is 67.7 Å². The number of phenolic OH excluding ortho intramolecular Hbond substituents is 1. The van der Waals surface area contributed by atoms with Crippen LogP contribution in [0.5, 0.6) is 5.75 Å². The molecule has 0 saturated heterocycles. The third-order valence-corrected chi connectivity index (χ3v) is 8.02. The van der Waals surface area contributed by atoms with E-state index in [-0.39, 0.29) is 23.7 Å². The normalized spacial score (nSPS) is 28.3. The highest BCUT2D eigenvalue weighted by Gasteiger charge is 2.48. The fourth-order valence-electron chi connectivity index (χ4n) is 5.81. The van der Waals surface area contributed by atoms with Crippen LogP contribution in [0, 0.1) is 5.92 Å². The van der Waals surface area contributed by atoms with Gasteiger partial charge in [0.05, 0.1) is 24.4 Å². The Kier molecular flexibility index (Phi) is 4.51. The first kappa shape index (κ1) is 19.5. The molecule has 6 rings (SSSR count). The number of aliphatic hydroxyl groups excluding tert-OH is 1. The molecule has 6 nitrogen and oxygen atoms in total. The minimum atomic E-state index is -0.383. The van der Waals surface area contributed by atoms with Crippen molar-refractivity contribution in [2.24, 2.45) is 5.92 Å². The molecule has 0 bridgehead atoms. The zero-order chi connectivity index (χ0) is 21.2. The Morgan fingerprint density at radius 1 is 1.06 bits per heavy atom. The monoisotopic (exact) mass is 421 g/mol. The van der Waals surface area contributed by atoms with Gasteiger partial charge >= 0.3 is 0 Å². The molecule has 0 unspecified atom stereocenters. The molecule has 1 aromatic carbocycles. The number of hydrogen-bond donors (Lipinski definition) is 3. The number of aryl methyl sites for hydroxylation is 1. The summed E-state index contributed by atoms with van der Waals surface area (Å²) in [5, 5.41) is 34.4. The van der Waals surface area contributed by atoms with Crippen molar-refractivity contribution in [1.29, 1.82) is 0 Å². The van der Waals surface area contributed by atoms with E-state index in [4.69, 9.17) is 4.74 Å². The van der Waals surface area contributed by atoms with E-state index in [9.17, 15) is 10.2 Å². The molecule has 2 saturated carbocycles. The first-order chi connectivity index (χ1) is 15.0. The Labute approximate surface area is 183 Å². The number of phenols is 1. The highest BCUT2D eigenvalue weighted by atomic mass is 16.5. The van der Waals surface area contributed by atoms with Gasteiger partial charge in [0, 0.05) is 17.5 Å². The Morgan fingerprint density at radius 2 is 1.94 bits per heavy atom. The number of aliphatic hydroxyl groups is 1. The van der Waals surface area contributed by atoms with Gasteiger partial charge < -0.3 is 20.3 Å². The molecule has 2 fully saturated rings. The molecule has 3 N–H and O–H groups in total. The van der Waals surface area contributed by atoms with Crippen molar-refractivity contribution in [3.63, 3.8) is 0 Å². The highest BCUT2D eigenvalue weighted by molar-refractivity contribution is 5.75. The number of nitrogens with one attached hydrogen (secondary N) is 1. The summed E-state index contributed by atoms with van der Waals surface area (Å²) in [6.45, 7) is 2.61. The van der Waals surface area contributed by atoms with E-state index >= 15 is 0 Å². The largest absolute Gasteiger partial charge is 0.507 e. The van der Waals surface area contributed by atoms with Crippen LogP contribution in [-0.2, 0) is 30.6 Å². The van der Waals surface area contributed by atoms with Gasteiger partial charge in [-0.2, -0.15) is 0 Å². The Morgan fingerprint density at radius 3 is 2.77 bits per heavy atom. The zero-order valence-electron chi connectivity index (χ0n) is 18.2. The zero-order valence-corrected chi connectivity index (χ0v) is 18.2. The summed E-state index contributed by atoms with van der Waals surface area (Å²) in [6.07, 6.45) is 8.73. The van der Waals surface area contributed by atoms with Gasteiger partial charge in [0.25, 0.3) is 0 Å². The van der Waals surface area contributed by atoms with Crippen molar-refractivity contribution in [2.75, 3.05) is 5.32 Å². The van der Waals surface area contributed by atoms with Gasteiger partial charge in [-0.1, -0.05) is 19.4 Å². The number of hydrogen-bond acceptors (Lipinski definition) is 6. The summed E-state index contributed by atoms with van der Waals surface area (Å²) in [5.74, 6) is 1.39. The van der Waals surface area contributed by atoms with Gasteiger partial charge in [-0.15, -0.1) is 10.2 Å². The molecule has 0 radical (unpaired) electrons. The van der Waals surface area contributed by atoms with Crippen molar-refractivity contribution in [1.82, 2.24) is 10.2 Å². The van der Waals surface area contributed by atoms with Gasteiger partial charge in [0.2, 0.25) is 0 Å². The predicted octanol–water partition coefficient (Wildman–Crippen LogP) is 3.90. The fraction of sp³-hybridized carbons (Fsp3) is 0.600. The maximum atomic E-state index is 11.1. The van der Waals surface area contributed by atoms with Gasteiger partial charge in [-0.3, -0.25) is 0 Å². The summed E-state index contributed by atoms with van der Waals surface area (Å²) in [6, 6.07) is 4.14. The van der Waals surface area contributed by atoms with E-state index in [0.717, 1.165) is 91.6 Å². The lowest BCUT2D eigenvalue weighted by atomic mass is 9.84. The van der Waals surface area contributed by atoms with Crippen LogP contribution >= 0.6 is 0 Å². The second kappa shape index (κ2) is 7.17. The molecule has 2 heterocycles. The first-order valence-electron chi connectivity index (χ1n) is 11.9. The van der Waals surface area contributed by atoms with E-state index in [0.29, 0.717) is 12.4 Å².